The van der Waals surface area contributed by atoms with Crippen LogP contribution in [-0.4, -0.2) is 17.4 Å². The number of hydrogen-bond acceptors (Lipinski definition) is 4. The van der Waals surface area contributed by atoms with Crippen LogP contribution in [0.2, 0.25) is 0 Å². The second kappa shape index (κ2) is 9.07. The number of unbranched alkanes of at least 4 members (excludes halogenated alkanes) is 1. The number of amides is 1. The van der Waals surface area contributed by atoms with Crippen molar-refractivity contribution < 1.29 is 9.72 Å². The van der Waals surface area contributed by atoms with Crippen LogP contribution in [0.15, 0.2) is 24.3 Å². The van der Waals surface area contributed by atoms with Crippen molar-refractivity contribution in [3.8, 4) is 0 Å². The molecule has 1 aromatic rings. The average molecular weight is 293 g/mol. The van der Waals surface area contributed by atoms with Crippen LogP contribution in [-0.2, 0) is 4.79 Å². The minimum atomic E-state index is -0.376. The smallest absolute Gasteiger partial charge is 0.269 e. The van der Waals surface area contributed by atoms with Crippen molar-refractivity contribution in [1.29, 1.82) is 0 Å². The van der Waals surface area contributed by atoms with Crippen molar-refractivity contribution >= 4 is 11.6 Å². The predicted octanol–water partition coefficient (Wildman–Crippen LogP) is 2.68. The second-order valence-corrected chi connectivity index (χ2v) is 5.07. The third-order valence-corrected chi connectivity index (χ3v) is 3.30. The molecule has 6 heteroatoms. The Kier molecular flexibility index (Phi) is 7.39. The molecule has 1 aromatic carbocycles. The van der Waals surface area contributed by atoms with Crippen LogP contribution in [0.4, 0.5) is 5.69 Å². The number of nitrogens with two attached hydrogens (primary N) is 1. The summed E-state index contributed by atoms with van der Waals surface area (Å²) in [4.78, 5) is 21.1. The Morgan fingerprint density at radius 1 is 1.43 bits per heavy atom. The Morgan fingerprint density at radius 2 is 2.19 bits per heavy atom. The predicted molar refractivity (Wildman–Crippen MR) is 81.8 cm³/mol. The fraction of sp³-hybridized carbons (Fsp3) is 0.533. The van der Waals surface area contributed by atoms with Crippen LogP contribution in [0.25, 0.3) is 0 Å². The third-order valence-electron chi connectivity index (χ3n) is 3.30. The topological polar surface area (TPSA) is 98.3 Å². The van der Waals surface area contributed by atoms with Gasteiger partial charge in [0.15, 0.2) is 0 Å². The first kappa shape index (κ1) is 17.1. The fourth-order valence-corrected chi connectivity index (χ4v) is 2.23. The van der Waals surface area contributed by atoms with Gasteiger partial charge >= 0.3 is 0 Å². The molecule has 1 atom stereocenters. The molecular weight excluding hydrogens is 270 g/mol. The number of rotatable bonds is 10. The standard InChI is InChI=1S/C15H23N3O3/c1-2-6-14(17-10-4-3-9-15(16)19)12-7-5-8-13(11-12)18(20)21/h5,7-8,11,14,17H,2-4,6,9-10H2,1H3,(H2,16,19). The van der Waals surface area contributed by atoms with Crippen molar-refractivity contribution in [3.63, 3.8) is 0 Å². The van der Waals surface area contributed by atoms with E-state index in [0.717, 1.165) is 37.8 Å². The second-order valence-electron chi connectivity index (χ2n) is 5.07. The highest BCUT2D eigenvalue weighted by atomic mass is 16.6. The van der Waals surface area contributed by atoms with E-state index in [-0.39, 0.29) is 22.6 Å². The van der Waals surface area contributed by atoms with Gasteiger partial charge in [-0.1, -0.05) is 25.5 Å². The minimum Gasteiger partial charge on any atom is -0.370 e. The van der Waals surface area contributed by atoms with Crippen LogP contribution in [0, 0.1) is 10.1 Å². The molecule has 0 saturated heterocycles. The van der Waals surface area contributed by atoms with E-state index in [2.05, 4.69) is 12.2 Å². The van der Waals surface area contributed by atoms with E-state index in [4.69, 9.17) is 5.73 Å². The maximum atomic E-state index is 10.8. The molecule has 0 aliphatic rings. The monoisotopic (exact) mass is 293 g/mol. The maximum Gasteiger partial charge on any atom is 0.269 e. The highest BCUT2D eigenvalue weighted by Crippen LogP contribution is 2.22. The number of benzene rings is 1. The van der Waals surface area contributed by atoms with Crippen molar-refractivity contribution in [2.45, 2.75) is 45.1 Å². The Balaban J connectivity index is 2.58. The van der Waals surface area contributed by atoms with Gasteiger partial charge in [0.25, 0.3) is 5.69 Å². The number of nitro benzene ring substituents is 1. The summed E-state index contributed by atoms with van der Waals surface area (Å²) in [5, 5.41) is 14.2. The van der Waals surface area contributed by atoms with Crippen molar-refractivity contribution in [2.75, 3.05) is 6.54 Å². The van der Waals surface area contributed by atoms with Gasteiger partial charge in [-0.05, 0) is 31.4 Å². The van der Waals surface area contributed by atoms with E-state index in [1.165, 1.54) is 6.07 Å². The Bertz CT molecular complexity index is 477. The van der Waals surface area contributed by atoms with Crippen molar-refractivity contribution in [1.82, 2.24) is 5.32 Å². The molecule has 0 aliphatic heterocycles. The highest BCUT2D eigenvalue weighted by Gasteiger charge is 2.13. The molecule has 0 aliphatic carbocycles. The molecule has 0 saturated carbocycles. The number of nitro groups is 1. The lowest BCUT2D eigenvalue weighted by atomic mass is 10.0. The molecule has 1 amide bonds. The maximum absolute atomic E-state index is 10.8. The van der Waals surface area contributed by atoms with Gasteiger partial charge in [-0.15, -0.1) is 0 Å². The van der Waals surface area contributed by atoms with E-state index < -0.39 is 0 Å². The first-order valence-corrected chi connectivity index (χ1v) is 7.30. The highest BCUT2D eigenvalue weighted by molar-refractivity contribution is 5.73. The summed E-state index contributed by atoms with van der Waals surface area (Å²) in [6.07, 6.45) is 3.92. The third kappa shape index (κ3) is 6.35. The molecule has 0 aromatic heterocycles. The van der Waals surface area contributed by atoms with Gasteiger partial charge in [0.1, 0.15) is 0 Å². The van der Waals surface area contributed by atoms with Gasteiger partial charge in [-0.3, -0.25) is 14.9 Å². The molecular formula is C15H23N3O3. The zero-order valence-electron chi connectivity index (χ0n) is 12.4. The SMILES string of the molecule is CCCC(NCCCCC(N)=O)c1cccc([N+](=O)[O-])c1. The Hall–Kier alpha value is -1.95. The van der Waals surface area contributed by atoms with Crippen molar-refractivity contribution in [2.24, 2.45) is 5.73 Å². The van der Waals surface area contributed by atoms with Crippen LogP contribution < -0.4 is 11.1 Å². The van der Waals surface area contributed by atoms with Crippen molar-refractivity contribution in [3.05, 3.63) is 39.9 Å². The lowest BCUT2D eigenvalue weighted by Gasteiger charge is -2.18. The quantitative estimate of drug-likeness (QED) is 0.393. The summed E-state index contributed by atoms with van der Waals surface area (Å²) in [7, 11) is 0. The molecule has 1 rings (SSSR count). The molecule has 6 nitrogen and oxygen atoms in total. The first-order valence-electron chi connectivity index (χ1n) is 7.30. The van der Waals surface area contributed by atoms with Crippen LogP contribution in [0.3, 0.4) is 0 Å². The molecule has 0 radical (unpaired) electrons. The van der Waals surface area contributed by atoms with Crippen LogP contribution in [0.5, 0.6) is 0 Å². The summed E-state index contributed by atoms with van der Waals surface area (Å²) >= 11 is 0. The number of primary amides is 1. The van der Waals surface area contributed by atoms with Gasteiger partial charge in [-0.2, -0.15) is 0 Å². The largest absolute Gasteiger partial charge is 0.370 e. The van der Waals surface area contributed by atoms with E-state index in [9.17, 15) is 14.9 Å². The number of hydrogen-bond donors (Lipinski definition) is 2. The normalized spacial score (nSPS) is 12.0. The molecule has 0 spiro atoms. The van der Waals surface area contributed by atoms with Gasteiger partial charge in [0.05, 0.1) is 4.92 Å². The molecule has 21 heavy (non-hydrogen) atoms. The number of carbonyl (C=O) groups is 1. The van der Waals surface area contributed by atoms with Crippen LogP contribution >= 0.6 is 0 Å². The Morgan fingerprint density at radius 3 is 2.81 bits per heavy atom. The number of non-ortho nitro benzene ring substituents is 1. The summed E-state index contributed by atoms with van der Waals surface area (Å²) in [6.45, 7) is 2.85. The first-order chi connectivity index (χ1) is 10.0. The molecule has 3 N–H and O–H groups in total. The van der Waals surface area contributed by atoms with Gasteiger partial charge in [-0.25, -0.2) is 0 Å². The summed E-state index contributed by atoms with van der Waals surface area (Å²) in [5.41, 5.74) is 6.14. The van der Waals surface area contributed by atoms with Gasteiger partial charge in [0, 0.05) is 24.6 Å². The summed E-state index contributed by atoms with van der Waals surface area (Å²) < 4.78 is 0. The molecule has 0 heterocycles. The minimum absolute atomic E-state index is 0.100. The Labute approximate surface area is 124 Å². The van der Waals surface area contributed by atoms with Crippen LogP contribution in [0.1, 0.15) is 50.6 Å². The summed E-state index contributed by atoms with van der Waals surface area (Å²) in [6, 6.07) is 6.84. The fourth-order valence-electron chi connectivity index (χ4n) is 2.23. The summed E-state index contributed by atoms with van der Waals surface area (Å²) in [5.74, 6) is -0.279. The molecule has 1 unspecified atom stereocenters. The van der Waals surface area contributed by atoms with Gasteiger partial charge < -0.3 is 11.1 Å². The number of nitrogens with zero attached hydrogens (tertiary/aromatic N) is 1. The van der Waals surface area contributed by atoms with E-state index >= 15 is 0 Å². The van der Waals surface area contributed by atoms with E-state index in [1.807, 2.05) is 6.07 Å². The number of nitrogens with one attached hydrogen (secondary N) is 1. The molecule has 116 valence electrons. The van der Waals surface area contributed by atoms with Gasteiger partial charge in [0.2, 0.25) is 5.91 Å². The molecule has 0 bridgehead atoms. The zero-order valence-corrected chi connectivity index (χ0v) is 12.4. The lowest BCUT2D eigenvalue weighted by molar-refractivity contribution is -0.384. The lowest BCUT2D eigenvalue weighted by Crippen LogP contribution is -2.23. The van der Waals surface area contributed by atoms with E-state index in [1.54, 1.807) is 12.1 Å². The average Bonchev–Trinajstić information content (AvgIpc) is 2.45. The number of carbonyl (C=O) groups excluding carboxylic acids is 1. The molecule has 0 fully saturated rings. The van der Waals surface area contributed by atoms with E-state index in [0.29, 0.717) is 6.42 Å². The zero-order chi connectivity index (χ0) is 15.7.